The van der Waals surface area contributed by atoms with Crippen LogP contribution in [-0.4, -0.2) is 50.7 Å². The van der Waals surface area contributed by atoms with Crippen molar-refractivity contribution in [2.75, 3.05) is 24.6 Å². The summed E-state index contributed by atoms with van der Waals surface area (Å²) in [5, 5.41) is 0. The van der Waals surface area contributed by atoms with Crippen LogP contribution in [0, 0.1) is 17.6 Å². The second kappa shape index (κ2) is 9.03. The number of halogens is 9. The Bertz CT molecular complexity index is 1380. The third kappa shape index (κ3) is 4.69. The third-order valence-corrected chi connectivity index (χ3v) is 8.92. The van der Waals surface area contributed by atoms with Crippen molar-refractivity contribution >= 4 is 22.2 Å². The molecule has 0 aromatic heterocycles. The lowest BCUT2D eigenvalue weighted by Crippen LogP contribution is -2.62. The minimum atomic E-state index is -5.49. The molecule has 2 aromatic rings. The van der Waals surface area contributed by atoms with Crippen molar-refractivity contribution in [3.63, 3.8) is 0 Å². The molecule has 1 atom stereocenters. The number of amides is 1. The van der Waals surface area contributed by atoms with Gasteiger partial charge in [0.2, 0.25) is 11.5 Å². The number of hydrogen-bond acceptors (Lipinski definition) is 5. The molecule has 3 N–H and O–H groups in total. The molecule has 3 aliphatic rings. The standard InChI is InChI=1S/C24H19F9N2O4S/c25-17-6-15(5-16(19(17)26)23(28,29)30)22(24(31,32)33)7-18(34-39-22)12-1-3-14(4-2-12)21(27)10-35(11-21)20(36)13-8-40(37,38)9-13/h1-7,13,34,37-38H,8-11H2. The van der Waals surface area contributed by atoms with Crippen LogP contribution in [-0.2, 0) is 27.1 Å². The van der Waals surface area contributed by atoms with Crippen LogP contribution in [0.5, 0.6) is 0 Å². The van der Waals surface area contributed by atoms with Crippen LogP contribution < -0.4 is 5.48 Å². The van der Waals surface area contributed by atoms with Crippen molar-refractivity contribution in [2.45, 2.75) is 23.6 Å². The smallest absolute Gasteiger partial charge is 0.335 e. The van der Waals surface area contributed by atoms with E-state index >= 15 is 4.39 Å². The molecule has 40 heavy (non-hydrogen) atoms. The highest BCUT2D eigenvalue weighted by atomic mass is 32.3. The quantitative estimate of drug-likeness (QED) is 0.391. The van der Waals surface area contributed by atoms with Crippen LogP contribution in [0.1, 0.15) is 22.3 Å². The molecule has 5 rings (SSSR count). The largest absolute Gasteiger partial charge is 0.428 e. The molecule has 0 saturated carbocycles. The van der Waals surface area contributed by atoms with E-state index in [4.69, 9.17) is 0 Å². The number of hydrogen-bond donors (Lipinski definition) is 3. The van der Waals surface area contributed by atoms with Gasteiger partial charge in [0.1, 0.15) is 0 Å². The molecule has 2 saturated heterocycles. The van der Waals surface area contributed by atoms with E-state index < -0.39 is 68.8 Å². The first kappa shape index (κ1) is 28.6. The van der Waals surface area contributed by atoms with Gasteiger partial charge >= 0.3 is 12.4 Å². The lowest BCUT2D eigenvalue weighted by molar-refractivity contribution is -0.269. The molecule has 6 nitrogen and oxygen atoms in total. The van der Waals surface area contributed by atoms with Gasteiger partial charge in [-0.25, -0.2) is 13.2 Å². The number of carbonyl (C=O) groups excluding carboxylic acids is 1. The van der Waals surface area contributed by atoms with Gasteiger partial charge in [0, 0.05) is 5.56 Å². The third-order valence-electron chi connectivity index (χ3n) is 7.05. The summed E-state index contributed by atoms with van der Waals surface area (Å²) in [5.41, 5.74) is -7.52. The summed E-state index contributed by atoms with van der Waals surface area (Å²) < 4.78 is 144. The van der Waals surface area contributed by atoms with Gasteiger partial charge in [0.05, 0.1) is 41.8 Å². The Kier molecular flexibility index (Phi) is 6.45. The molecule has 2 aromatic carbocycles. The number of nitrogens with one attached hydrogen (secondary N) is 1. The number of benzene rings is 2. The normalized spacial score (nSPS) is 25.0. The predicted octanol–water partition coefficient (Wildman–Crippen LogP) is 5.70. The van der Waals surface area contributed by atoms with Gasteiger partial charge in [0.15, 0.2) is 17.3 Å². The first-order valence-electron chi connectivity index (χ1n) is 11.5. The van der Waals surface area contributed by atoms with E-state index in [1.165, 1.54) is 29.2 Å². The van der Waals surface area contributed by atoms with Gasteiger partial charge in [-0.05, 0) is 29.3 Å². The maximum atomic E-state index is 15.4. The Morgan fingerprint density at radius 3 is 2.12 bits per heavy atom. The Morgan fingerprint density at radius 2 is 1.60 bits per heavy atom. The lowest BCUT2D eigenvalue weighted by Gasteiger charge is -2.51. The van der Waals surface area contributed by atoms with E-state index in [-0.39, 0.29) is 53.6 Å². The summed E-state index contributed by atoms with van der Waals surface area (Å²) in [6.07, 6.45) is -10.5. The number of hydroxylamine groups is 1. The van der Waals surface area contributed by atoms with Crippen molar-refractivity contribution in [3.8, 4) is 0 Å². The zero-order valence-corrected chi connectivity index (χ0v) is 20.7. The van der Waals surface area contributed by atoms with E-state index in [9.17, 15) is 49.0 Å². The summed E-state index contributed by atoms with van der Waals surface area (Å²) in [4.78, 5) is 18.2. The molecule has 16 heteroatoms. The number of alkyl halides is 7. The Labute approximate surface area is 221 Å². The van der Waals surface area contributed by atoms with E-state index in [1.807, 2.05) is 5.48 Å². The maximum Gasteiger partial charge on any atom is 0.428 e. The summed E-state index contributed by atoms with van der Waals surface area (Å²) in [6.45, 7) is -0.639. The predicted molar refractivity (Wildman–Crippen MR) is 123 cm³/mol. The molecular formula is C24H19F9N2O4S. The van der Waals surface area contributed by atoms with Crippen LogP contribution in [0.3, 0.4) is 0 Å². The van der Waals surface area contributed by atoms with Crippen LogP contribution in [0.15, 0.2) is 42.5 Å². The van der Waals surface area contributed by atoms with Gasteiger partial charge < -0.3 is 4.90 Å². The monoisotopic (exact) mass is 602 g/mol. The number of rotatable bonds is 4. The SMILES string of the molecule is O=C(C1CS(O)(O)C1)N1CC(F)(c2ccc(C3=CC(c4cc(F)c(F)c(C(F)(F)F)c4)(C(F)(F)F)ON3)cc2)C1. The van der Waals surface area contributed by atoms with E-state index in [0.717, 1.165) is 0 Å². The van der Waals surface area contributed by atoms with Gasteiger partial charge in [-0.1, -0.05) is 24.3 Å². The van der Waals surface area contributed by atoms with Gasteiger partial charge in [0.25, 0.3) is 0 Å². The Hall–Kier alpha value is -2.95. The second-order valence-electron chi connectivity index (χ2n) is 9.88. The molecule has 0 spiro atoms. The zero-order valence-electron chi connectivity index (χ0n) is 19.9. The summed E-state index contributed by atoms with van der Waals surface area (Å²) >= 11 is 0. The van der Waals surface area contributed by atoms with Crippen molar-refractivity contribution in [3.05, 3.63) is 76.4 Å². The Balaban J connectivity index is 1.38. The summed E-state index contributed by atoms with van der Waals surface area (Å²) in [5.74, 6) is -5.70. The zero-order chi connectivity index (χ0) is 29.5. The molecular weight excluding hydrogens is 583 g/mol. The Morgan fingerprint density at radius 1 is 1.00 bits per heavy atom. The fourth-order valence-electron chi connectivity index (χ4n) is 4.84. The highest BCUT2D eigenvalue weighted by Gasteiger charge is 2.60. The molecule has 1 amide bonds. The molecule has 3 aliphatic heterocycles. The number of likely N-dealkylation sites (tertiary alicyclic amines) is 1. The van der Waals surface area contributed by atoms with Crippen LogP contribution in [0.25, 0.3) is 5.70 Å². The van der Waals surface area contributed by atoms with Crippen molar-refractivity contribution in [1.29, 1.82) is 0 Å². The van der Waals surface area contributed by atoms with E-state index in [2.05, 4.69) is 4.84 Å². The topological polar surface area (TPSA) is 82.0 Å². The molecule has 218 valence electrons. The van der Waals surface area contributed by atoms with Gasteiger partial charge in [-0.15, -0.1) is 0 Å². The summed E-state index contributed by atoms with van der Waals surface area (Å²) in [7, 11) is -2.75. The molecule has 0 bridgehead atoms. The van der Waals surface area contributed by atoms with Crippen molar-refractivity contribution in [2.24, 2.45) is 5.92 Å². The van der Waals surface area contributed by atoms with Crippen LogP contribution in [0.2, 0.25) is 0 Å². The minimum absolute atomic E-state index is 0.00374. The minimum Gasteiger partial charge on any atom is -0.335 e. The number of nitrogens with zero attached hydrogens (tertiary/aromatic N) is 1. The lowest BCUT2D eigenvalue weighted by atomic mass is 9.86. The van der Waals surface area contributed by atoms with Crippen molar-refractivity contribution < 1.29 is 58.3 Å². The second-order valence-corrected chi connectivity index (χ2v) is 12.2. The molecule has 3 heterocycles. The average molecular weight is 602 g/mol. The average Bonchev–Trinajstić information content (AvgIpc) is 3.28. The van der Waals surface area contributed by atoms with Gasteiger partial charge in [-0.3, -0.25) is 24.2 Å². The van der Waals surface area contributed by atoms with Crippen LogP contribution >= 0.6 is 10.6 Å². The fourth-order valence-corrected chi connectivity index (χ4v) is 6.31. The first-order valence-corrected chi connectivity index (χ1v) is 13.4. The van der Waals surface area contributed by atoms with Crippen LogP contribution in [0.4, 0.5) is 39.5 Å². The van der Waals surface area contributed by atoms with E-state index in [0.29, 0.717) is 6.08 Å². The molecule has 2 fully saturated rings. The fraction of sp³-hybridized carbons (Fsp3) is 0.375. The highest BCUT2D eigenvalue weighted by Crippen LogP contribution is 2.53. The van der Waals surface area contributed by atoms with E-state index in [1.54, 1.807) is 0 Å². The number of carbonyl (C=O) groups is 1. The first-order chi connectivity index (χ1) is 18.4. The summed E-state index contributed by atoms with van der Waals surface area (Å²) in [6, 6.07) is 4.69. The van der Waals surface area contributed by atoms with Gasteiger partial charge in [-0.2, -0.15) is 36.9 Å². The molecule has 1 unspecified atom stereocenters. The molecule has 0 radical (unpaired) electrons. The highest BCUT2D eigenvalue weighted by molar-refractivity contribution is 8.25. The molecule has 0 aliphatic carbocycles. The van der Waals surface area contributed by atoms with Crippen molar-refractivity contribution in [1.82, 2.24) is 10.4 Å². The maximum absolute atomic E-state index is 15.4.